The molecule has 3 nitrogen and oxygen atoms in total. The van der Waals surface area contributed by atoms with Crippen molar-refractivity contribution < 1.29 is 0 Å². The number of nitrogens with one attached hydrogen (secondary N) is 1. The lowest BCUT2D eigenvalue weighted by molar-refractivity contribution is 0.670. The second-order valence-corrected chi connectivity index (χ2v) is 5.96. The first-order chi connectivity index (χ1) is 9.63. The Labute approximate surface area is 121 Å². The number of aryl methyl sites for hydroxylation is 3. The van der Waals surface area contributed by atoms with E-state index in [2.05, 4.69) is 60.3 Å². The molecule has 1 aliphatic carbocycles. The average Bonchev–Trinajstić information content (AvgIpc) is 3.16. The molecule has 0 radical (unpaired) electrons. The van der Waals surface area contributed by atoms with Gasteiger partial charge < -0.3 is 5.32 Å². The lowest BCUT2D eigenvalue weighted by Crippen LogP contribution is -2.15. The molecule has 2 aromatic rings. The van der Waals surface area contributed by atoms with Gasteiger partial charge in [-0.15, -0.1) is 0 Å². The number of benzene rings is 1. The van der Waals surface area contributed by atoms with Crippen molar-refractivity contribution in [3.05, 3.63) is 52.3 Å². The van der Waals surface area contributed by atoms with Gasteiger partial charge in [-0.2, -0.15) is 5.10 Å². The topological polar surface area (TPSA) is 29.9 Å². The first-order valence-electron chi connectivity index (χ1n) is 7.45. The van der Waals surface area contributed by atoms with E-state index >= 15 is 0 Å². The predicted octanol–water partition coefficient (Wildman–Crippen LogP) is 3.11. The van der Waals surface area contributed by atoms with Crippen molar-refractivity contribution in [3.63, 3.8) is 0 Å². The van der Waals surface area contributed by atoms with Crippen LogP contribution in [-0.4, -0.2) is 15.8 Å². The van der Waals surface area contributed by atoms with E-state index in [-0.39, 0.29) is 0 Å². The first-order valence-corrected chi connectivity index (χ1v) is 7.45. The second kappa shape index (κ2) is 5.41. The van der Waals surface area contributed by atoms with Crippen molar-refractivity contribution in [2.24, 2.45) is 0 Å². The number of hydrogen-bond acceptors (Lipinski definition) is 2. The van der Waals surface area contributed by atoms with E-state index in [1.807, 2.05) is 0 Å². The summed E-state index contributed by atoms with van der Waals surface area (Å²) in [6.07, 6.45) is 4.85. The zero-order chi connectivity index (χ0) is 14.1. The molecule has 106 valence electrons. The van der Waals surface area contributed by atoms with Gasteiger partial charge in [-0.05, 0) is 50.3 Å². The van der Waals surface area contributed by atoms with E-state index in [1.54, 1.807) is 0 Å². The smallest absolute Gasteiger partial charge is 0.0664 e. The highest BCUT2D eigenvalue weighted by Crippen LogP contribution is 2.20. The molecule has 0 amide bonds. The van der Waals surface area contributed by atoms with Crippen LogP contribution in [0.2, 0.25) is 0 Å². The molecule has 0 aliphatic heterocycles. The van der Waals surface area contributed by atoms with Crippen LogP contribution in [0.3, 0.4) is 0 Å². The van der Waals surface area contributed by atoms with Crippen LogP contribution in [0.5, 0.6) is 0 Å². The summed E-state index contributed by atoms with van der Waals surface area (Å²) >= 11 is 0. The van der Waals surface area contributed by atoms with Crippen LogP contribution in [0.15, 0.2) is 24.4 Å². The molecule has 0 saturated heterocycles. The number of rotatable bonds is 5. The standard InChI is InChI=1S/C17H23N3/c1-12-5-4-6-13(2)17(12)11-20-10-15(14(3)19-20)9-18-16-7-8-16/h4-6,10,16,18H,7-9,11H2,1-3H3. The molecular weight excluding hydrogens is 246 g/mol. The molecule has 1 saturated carbocycles. The third-order valence-corrected chi connectivity index (χ3v) is 4.17. The molecule has 3 heteroatoms. The van der Waals surface area contributed by atoms with Gasteiger partial charge in [0.25, 0.3) is 0 Å². The third kappa shape index (κ3) is 2.93. The SMILES string of the molecule is Cc1cccc(C)c1Cn1cc(CNC2CC2)c(C)n1. The molecule has 1 aromatic heterocycles. The Balaban J connectivity index is 1.75. The van der Waals surface area contributed by atoms with Gasteiger partial charge in [0.2, 0.25) is 0 Å². The Morgan fingerprint density at radius 1 is 1.20 bits per heavy atom. The minimum absolute atomic E-state index is 0.747. The molecule has 0 bridgehead atoms. The van der Waals surface area contributed by atoms with Gasteiger partial charge in [-0.25, -0.2) is 0 Å². The molecule has 20 heavy (non-hydrogen) atoms. The third-order valence-electron chi connectivity index (χ3n) is 4.17. The van der Waals surface area contributed by atoms with Gasteiger partial charge in [-0.3, -0.25) is 4.68 Å². The quantitative estimate of drug-likeness (QED) is 0.904. The van der Waals surface area contributed by atoms with Gasteiger partial charge in [0.15, 0.2) is 0 Å². The van der Waals surface area contributed by atoms with Crippen LogP contribution in [0.25, 0.3) is 0 Å². The van der Waals surface area contributed by atoms with E-state index in [0.717, 1.165) is 24.8 Å². The van der Waals surface area contributed by atoms with Crippen LogP contribution in [-0.2, 0) is 13.1 Å². The summed E-state index contributed by atoms with van der Waals surface area (Å²) in [5, 5.41) is 8.22. The summed E-state index contributed by atoms with van der Waals surface area (Å²) in [6.45, 7) is 8.26. The van der Waals surface area contributed by atoms with Crippen LogP contribution in [0, 0.1) is 20.8 Å². The van der Waals surface area contributed by atoms with Gasteiger partial charge in [0, 0.05) is 24.3 Å². The highest BCUT2D eigenvalue weighted by atomic mass is 15.3. The lowest BCUT2D eigenvalue weighted by atomic mass is 10.0. The fourth-order valence-corrected chi connectivity index (χ4v) is 2.62. The Morgan fingerprint density at radius 2 is 1.90 bits per heavy atom. The molecule has 1 N–H and O–H groups in total. The Bertz CT molecular complexity index is 588. The zero-order valence-electron chi connectivity index (χ0n) is 12.6. The normalized spacial score (nSPS) is 14.8. The summed E-state index contributed by atoms with van der Waals surface area (Å²) in [5.41, 5.74) is 6.54. The minimum Gasteiger partial charge on any atom is -0.310 e. The molecular formula is C17H23N3. The van der Waals surface area contributed by atoms with Gasteiger partial charge in [0.1, 0.15) is 0 Å². The fraction of sp³-hybridized carbons (Fsp3) is 0.471. The molecule has 1 aliphatic rings. The van der Waals surface area contributed by atoms with E-state index in [4.69, 9.17) is 0 Å². The van der Waals surface area contributed by atoms with Crippen molar-refractivity contribution in [2.75, 3.05) is 0 Å². The van der Waals surface area contributed by atoms with Crippen LogP contribution >= 0.6 is 0 Å². The molecule has 1 aromatic carbocycles. The summed E-state index contributed by atoms with van der Waals surface area (Å²) in [6, 6.07) is 7.21. The van der Waals surface area contributed by atoms with E-state index in [1.165, 1.54) is 35.1 Å². The summed E-state index contributed by atoms with van der Waals surface area (Å²) in [5.74, 6) is 0. The Kier molecular flexibility index (Phi) is 3.62. The molecule has 0 unspecified atom stereocenters. The molecule has 0 spiro atoms. The molecule has 0 atom stereocenters. The van der Waals surface area contributed by atoms with E-state index < -0.39 is 0 Å². The fourth-order valence-electron chi connectivity index (χ4n) is 2.62. The Morgan fingerprint density at radius 3 is 2.55 bits per heavy atom. The van der Waals surface area contributed by atoms with Crippen molar-refractivity contribution in [1.82, 2.24) is 15.1 Å². The minimum atomic E-state index is 0.747. The molecule has 1 fully saturated rings. The first kappa shape index (κ1) is 13.4. The van der Waals surface area contributed by atoms with Crippen LogP contribution in [0.4, 0.5) is 0 Å². The second-order valence-electron chi connectivity index (χ2n) is 5.96. The average molecular weight is 269 g/mol. The number of nitrogens with zero attached hydrogens (tertiary/aromatic N) is 2. The zero-order valence-corrected chi connectivity index (χ0v) is 12.6. The highest BCUT2D eigenvalue weighted by molar-refractivity contribution is 5.33. The molecule has 1 heterocycles. The van der Waals surface area contributed by atoms with Gasteiger partial charge >= 0.3 is 0 Å². The monoisotopic (exact) mass is 269 g/mol. The van der Waals surface area contributed by atoms with Crippen molar-refractivity contribution in [3.8, 4) is 0 Å². The summed E-state index contributed by atoms with van der Waals surface area (Å²) in [7, 11) is 0. The molecule has 3 rings (SSSR count). The highest BCUT2D eigenvalue weighted by Gasteiger charge is 2.20. The van der Waals surface area contributed by atoms with Gasteiger partial charge in [0.05, 0.1) is 12.2 Å². The van der Waals surface area contributed by atoms with Gasteiger partial charge in [-0.1, -0.05) is 18.2 Å². The summed E-state index contributed by atoms with van der Waals surface area (Å²) in [4.78, 5) is 0. The van der Waals surface area contributed by atoms with Crippen molar-refractivity contribution in [1.29, 1.82) is 0 Å². The van der Waals surface area contributed by atoms with E-state index in [0.29, 0.717) is 0 Å². The maximum Gasteiger partial charge on any atom is 0.0664 e. The van der Waals surface area contributed by atoms with Crippen molar-refractivity contribution >= 4 is 0 Å². The van der Waals surface area contributed by atoms with Crippen molar-refractivity contribution in [2.45, 2.75) is 52.7 Å². The van der Waals surface area contributed by atoms with Crippen LogP contribution in [0.1, 0.15) is 40.8 Å². The summed E-state index contributed by atoms with van der Waals surface area (Å²) < 4.78 is 2.08. The maximum atomic E-state index is 4.66. The van der Waals surface area contributed by atoms with Crippen LogP contribution < -0.4 is 5.32 Å². The number of hydrogen-bond donors (Lipinski definition) is 1. The maximum absolute atomic E-state index is 4.66. The largest absolute Gasteiger partial charge is 0.310 e. The predicted molar refractivity (Wildman–Crippen MR) is 81.8 cm³/mol. The number of aromatic nitrogens is 2. The lowest BCUT2D eigenvalue weighted by Gasteiger charge is -2.09. The van der Waals surface area contributed by atoms with E-state index in [9.17, 15) is 0 Å². The Hall–Kier alpha value is -1.61.